The van der Waals surface area contributed by atoms with Gasteiger partial charge in [-0.15, -0.1) is 0 Å². The molecule has 8 heteroatoms. The van der Waals surface area contributed by atoms with Gasteiger partial charge < -0.3 is 9.80 Å². The number of urea groups is 1. The lowest BCUT2D eigenvalue weighted by Crippen LogP contribution is -2.67. The van der Waals surface area contributed by atoms with Crippen LogP contribution >= 0.6 is 0 Å². The molecule has 2 amide bonds. The Hall–Kier alpha value is -1.64. The molecule has 7 nitrogen and oxygen atoms in total. The lowest BCUT2D eigenvalue weighted by molar-refractivity contribution is -0.920. The molecule has 0 saturated carbocycles. The number of nitrogens with zero attached hydrogens (tertiary/aromatic N) is 2. The monoisotopic (exact) mass is 447 g/mol. The van der Waals surface area contributed by atoms with E-state index < -0.39 is 16.1 Å². The molecule has 2 N–H and O–H groups in total. The standard InChI is InChI=1S/C23H34N4O3S/c1-27(2)13-12-26-11-5-10-20(26)21(27)15-31(29,30)25-23(28)24-22-18-8-3-6-16(18)14-17-7-4-9-19(17)22/h14,20-21H,3-13,15H2,1-2H3,(H-,24,25,28)/p+1/t20-,21-/m1/s1. The molecule has 0 aromatic heterocycles. The van der Waals surface area contributed by atoms with E-state index in [1.165, 1.54) is 22.3 Å². The van der Waals surface area contributed by atoms with Crippen molar-refractivity contribution in [2.45, 2.75) is 63.5 Å². The first-order valence-corrected chi connectivity index (χ1v) is 13.4. The van der Waals surface area contributed by atoms with Crippen molar-refractivity contribution in [3.8, 4) is 0 Å². The Morgan fingerprint density at radius 3 is 2.42 bits per heavy atom. The number of rotatable bonds is 4. The topological polar surface area (TPSA) is 78.5 Å². The SMILES string of the molecule is C[N+]1(C)CCN2CCC[C@@H]2[C@H]1CS(=O)(=O)NC(=O)Nc1c2c(cc3c1CCC3)CCC2. The maximum Gasteiger partial charge on any atom is 0.332 e. The second-order valence-corrected chi connectivity index (χ2v) is 12.2. The van der Waals surface area contributed by atoms with Gasteiger partial charge in [0.2, 0.25) is 10.0 Å². The van der Waals surface area contributed by atoms with Crippen molar-refractivity contribution < 1.29 is 17.7 Å². The molecule has 31 heavy (non-hydrogen) atoms. The fourth-order valence-electron chi connectivity index (χ4n) is 6.41. The number of aryl methyl sites for hydroxylation is 2. The third-order valence-electron chi connectivity index (χ3n) is 8.07. The number of carbonyl (C=O) groups excluding carboxylic acids is 1. The Balaban J connectivity index is 1.32. The van der Waals surface area contributed by atoms with E-state index in [9.17, 15) is 13.2 Å². The summed E-state index contributed by atoms with van der Waals surface area (Å²) in [5.41, 5.74) is 5.94. The zero-order chi connectivity index (χ0) is 21.8. The predicted octanol–water partition coefficient (Wildman–Crippen LogP) is 2.04. The van der Waals surface area contributed by atoms with Gasteiger partial charge >= 0.3 is 6.03 Å². The van der Waals surface area contributed by atoms with Crippen LogP contribution < -0.4 is 10.0 Å². The predicted molar refractivity (Wildman–Crippen MR) is 122 cm³/mol. The number of hydrogen-bond donors (Lipinski definition) is 2. The molecule has 5 rings (SSSR count). The van der Waals surface area contributed by atoms with Crippen molar-refractivity contribution in [2.24, 2.45) is 0 Å². The second kappa shape index (κ2) is 7.74. The normalized spacial score (nSPS) is 26.9. The van der Waals surface area contributed by atoms with Crippen LogP contribution in [0.4, 0.5) is 10.5 Å². The van der Waals surface area contributed by atoms with Gasteiger partial charge in [-0.3, -0.25) is 4.90 Å². The molecule has 1 aromatic rings. The molecule has 2 aliphatic heterocycles. The molecule has 2 fully saturated rings. The summed E-state index contributed by atoms with van der Waals surface area (Å²) in [6, 6.07) is 1.95. The summed E-state index contributed by atoms with van der Waals surface area (Å²) in [6.07, 6.45) is 8.36. The molecular formula is C23H35N4O3S+. The van der Waals surface area contributed by atoms with Crippen LogP contribution in [0.3, 0.4) is 0 Å². The molecule has 4 aliphatic rings. The van der Waals surface area contributed by atoms with Crippen molar-refractivity contribution in [1.82, 2.24) is 9.62 Å². The number of amides is 2. The minimum Gasteiger partial charge on any atom is -0.323 e. The Kier molecular flexibility index (Phi) is 5.30. The molecule has 2 saturated heterocycles. The van der Waals surface area contributed by atoms with Crippen LogP contribution in [0.1, 0.15) is 47.9 Å². The van der Waals surface area contributed by atoms with Crippen molar-refractivity contribution in [1.29, 1.82) is 0 Å². The summed E-state index contributed by atoms with van der Waals surface area (Å²) in [4.78, 5) is 15.3. The van der Waals surface area contributed by atoms with Crippen LogP contribution in [0.2, 0.25) is 0 Å². The summed E-state index contributed by atoms with van der Waals surface area (Å²) in [5.74, 6) is -0.0143. The number of piperazine rings is 1. The molecule has 0 spiro atoms. The van der Waals surface area contributed by atoms with Crippen LogP contribution in [0.15, 0.2) is 6.07 Å². The molecule has 2 heterocycles. The summed E-state index contributed by atoms with van der Waals surface area (Å²) >= 11 is 0. The number of benzene rings is 1. The number of fused-ring (bicyclic) bond motifs is 3. The van der Waals surface area contributed by atoms with E-state index in [0.717, 1.165) is 76.7 Å². The Morgan fingerprint density at radius 2 is 1.74 bits per heavy atom. The zero-order valence-electron chi connectivity index (χ0n) is 18.7. The second-order valence-electron chi connectivity index (χ2n) is 10.4. The number of nitrogens with one attached hydrogen (secondary N) is 2. The van der Waals surface area contributed by atoms with Crippen LogP contribution in [-0.4, -0.2) is 75.4 Å². The molecular weight excluding hydrogens is 412 g/mol. The van der Waals surface area contributed by atoms with Gasteiger partial charge in [-0.05, 0) is 80.2 Å². The fraction of sp³-hybridized carbons (Fsp3) is 0.696. The summed E-state index contributed by atoms with van der Waals surface area (Å²) in [7, 11) is 0.492. The highest BCUT2D eigenvalue weighted by Crippen LogP contribution is 2.38. The Morgan fingerprint density at radius 1 is 1.06 bits per heavy atom. The smallest absolute Gasteiger partial charge is 0.323 e. The maximum atomic E-state index is 13.0. The fourth-order valence-corrected chi connectivity index (χ4v) is 7.90. The van der Waals surface area contributed by atoms with Crippen molar-refractivity contribution in [3.05, 3.63) is 28.3 Å². The third-order valence-corrected chi connectivity index (χ3v) is 9.35. The van der Waals surface area contributed by atoms with Crippen molar-refractivity contribution >= 4 is 21.7 Å². The van der Waals surface area contributed by atoms with Gasteiger partial charge in [0.15, 0.2) is 0 Å². The molecule has 170 valence electrons. The van der Waals surface area contributed by atoms with E-state index >= 15 is 0 Å². The maximum absolute atomic E-state index is 13.0. The molecule has 1 aromatic carbocycles. The molecule has 0 bridgehead atoms. The van der Waals surface area contributed by atoms with E-state index in [2.05, 4.69) is 35.1 Å². The molecule has 0 radical (unpaired) electrons. The summed E-state index contributed by atoms with van der Waals surface area (Å²) in [5, 5.41) is 2.96. The molecule has 2 atom stereocenters. The van der Waals surface area contributed by atoms with Gasteiger partial charge in [0.05, 0.1) is 26.7 Å². The average Bonchev–Trinajstić information content (AvgIpc) is 3.43. The van der Waals surface area contributed by atoms with Gasteiger partial charge in [-0.1, -0.05) is 6.07 Å². The zero-order valence-corrected chi connectivity index (χ0v) is 19.6. The van der Waals surface area contributed by atoms with E-state index in [1.54, 1.807) is 0 Å². The average molecular weight is 448 g/mol. The van der Waals surface area contributed by atoms with Crippen molar-refractivity contribution in [3.63, 3.8) is 0 Å². The Labute approximate surface area is 185 Å². The van der Waals surface area contributed by atoms with E-state index in [0.29, 0.717) is 4.48 Å². The number of quaternary nitrogens is 1. The van der Waals surface area contributed by atoms with E-state index in [4.69, 9.17) is 0 Å². The van der Waals surface area contributed by atoms with Gasteiger partial charge in [0.1, 0.15) is 11.8 Å². The minimum absolute atomic E-state index is 0.0143. The number of hydrogen-bond acceptors (Lipinski definition) is 4. The first-order chi connectivity index (χ1) is 14.7. The van der Waals surface area contributed by atoms with Crippen LogP contribution in [-0.2, 0) is 35.7 Å². The summed E-state index contributed by atoms with van der Waals surface area (Å²) in [6.45, 7) is 3.01. The van der Waals surface area contributed by atoms with Crippen LogP contribution in [0.25, 0.3) is 0 Å². The minimum atomic E-state index is -3.74. The number of carbonyl (C=O) groups is 1. The lowest BCUT2D eigenvalue weighted by atomic mass is 9.99. The van der Waals surface area contributed by atoms with E-state index in [-0.39, 0.29) is 17.8 Å². The quantitative estimate of drug-likeness (QED) is 0.693. The Bertz CT molecular complexity index is 972. The van der Waals surface area contributed by atoms with Crippen LogP contribution in [0, 0.1) is 0 Å². The highest BCUT2D eigenvalue weighted by atomic mass is 32.2. The lowest BCUT2D eigenvalue weighted by Gasteiger charge is -2.48. The van der Waals surface area contributed by atoms with Gasteiger partial charge in [-0.25, -0.2) is 17.9 Å². The summed E-state index contributed by atoms with van der Waals surface area (Å²) < 4.78 is 29.1. The largest absolute Gasteiger partial charge is 0.332 e. The van der Waals surface area contributed by atoms with Gasteiger partial charge in [0.25, 0.3) is 0 Å². The van der Waals surface area contributed by atoms with Crippen LogP contribution in [0.5, 0.6) is 0 Å². The van der Waals surface area contributed by atoms with Gasteiger partial charge in [-0.2, -0.15) is 0 Å². The third kappa shape index (κ3) is 3.98. The molecule has 2 aliphatic carbocycles. The number of sulfonamides is 1. The first kappa shape index (κ1) is 21.2. The van der Waals surface area contributed by atoms with Gasteiger partial charge in [0, 0.05) is 12.2 Å². The van der Waals surface area contributed by atoms with Crippen molar-refractivity contribution in [2.75, 3.05) is 44.8 Å². The first-order valence-electron chi connectivity index (χ1n) is 11.8. The highest BCUT2D eigenvalue weighted by Gasteiger charge is 2.47. The highest BCUT2D eigenvalue weighted by molar-refractivity contribution is 7.90. The molecule has 0 unspecified atom stereocenters. The number of anilines is 1. The van der Waals surface area contributed by atoms with E-state index in [1.807, 2.05) is 0 Å². The number of likely N-dealkylation sites (N-methyl/N-ethyl adjacent to an activating group) is 1.